The number of amides is 2. The molecule has 1 fully saturated rings. The van der Waals surface area contributed by atoms with Crippen molar-refractivity contribution in [1.29, 1.82) is 0 Å². The second-order valence-electron chi connectivity index (χ2n) is 4.91. The van der Waals surface area contributed by atoms with Crippen LogP contribution in [0.1, 0.15) is 30.9 Å². The van der Waals surface area contributed by atoms with Crippen molar-refractivity contribution in [3.05, 3.63) is 18.0 Å². The van der Waals surface area contributed by atoms with Crippen molar-refractivity contribution in [3.8, 4) is 0 Å². The summed E-state index contributed by atoms with van der Waals surface area (Å²) < 4.78 is 0. The highest BCUT2D eigenvalue weighted by atomic mass is 16.2. The van der Waals surface area contributed by atoms with Gasteiger partial charge in [-0.1, -0.05) is 0 Å². The van der Waals surface area contributed by atoms with E-state index < -0.39 is 11.9 Å². The van der Waals surface area contributed by atoms with Crippen LogP contribution in [0.2, 0.25) is 0 Å². The first-order valence-electron chi connectivity index (χ1n) is 6.40. The van der Waals surface area contributed by atoms with Gasteiger partial charge in [0.1, 0.15) is 0 Å². The molecule has 7 nitrogen and oxygen atoms in total. The van der Waals surface area contributed by atoms with E-state index in [0.29, 0.717) is 13.1 Å². The Morgan fingerprint density at radius 2 is 2.37 bits per heavy atom. The highest BCUT2D eigenvalue weighted by Crippen LogP contribution is 2.25. The van der Waals surface area contributed by atoms with Crippen LogP contribution < -0.4 is 11.5 Å². The third kappa shape index (κ3) is 3.31. The molecule has 7 heteroatoms. The van der Waals surface area contributed by atoms with Gasteiger partial charge in [-0.2, -0.15) is 5.10 Å². The van der Waals surface area contributed by atoms with Crippen LogP contribution in [0.5, 0.6) is 0 Å². The van der Waals surface area contributed by atoms with Crippen molar-refractivity contribution in [3.63, 3.8) is 0 Å². The van der Waals surface area contributed by atoms with Crippen LogP contribution in [0, 0.1) is 0 Å². The third-order valence-electron chi connectivity index (χ3n) is 3.43. The van der Waals surface area contributed by atoms with E-state index in [1.165, 1.54) is 0 Å². The molecule has 0 aromatic carbocycles. The fourth-order valence-electron chi connectivity index (χ4n) is 2.46. The number of carbonyl (C=O) groups is 2. The maximum atomic E-state index is 12.1. The number of piperidine rings is 1. The summed E-state index contributed by atoms with van der Waals surface area (Å²) in [6, 6.07) is 1.08. The van der Waals surface area contributed by atoms with Crippen molar-refractivity contribution in [1.82, 2.24) is 15.1 Å². The minimum absolute atomic E-state index is 0.107. The number of nitrogens with two attached hydrogens (primary N) is 2. The van der Waals surface area contributed by atoms with Gasteiger partial charge in [0.25, 0.3) is 0 Å². The van der Waals surface area contributed by atoms with Gasteiger partial charge in [0.2, 0.25) is 11.8 Å². The third-order valence-corrected chi connectivity index (χ3v) is 3.43. The lowest BCUT2D eigenvalue weighted by atomic mass is 9.94. The molecule has 1 aromatic rings. The van der Waals surface area contributed by atoms with E-state index in [0.717, 1.165) is 18.5 Å². The van der Waals surface area contributed by atoms with Gasteiger partial charge in [-0.15, -0.1) is 0 Å². The molecule has 1 aliphatic heterocycles. The Hall–Kier alpha value is -1.89. The normalized spacial score (nSPS) is 21.1. The summed E-state index contributed by atoms with van der Waals surface area (Å²) in [6.45, 7) is 1.28. The SMILES string of the molecule is NC(=O)CC(N)C(=O)N1CCCC(c2ccn[nH]2)C1. The molecule has 0 saturated carbocycles. The molecular formula is C12H19N5O2. The van der Waals surface area contributed by atoms with Crippen molar-refractivity contribution in [2.45, 2.75) is 31.2 Å². The predicted octanol–water partition coefficient (Wildman–Crippen LogP) is -0.682. The highest BCUT2D eigenvalue weighted by Gasteiger charge is 2.28. The van der Waals surface area contributed by atoms with Crippen LogP contribution in [-0.2, 0) is 9.59 Å². The van der Waals surface area contributed by atoms with E-state index in [-0.39, 0.29) is 18.2 Å². The quantitative estimate of drug-likeness (QED) is 0.668. The Bertz CT molecular complexity index is 445. The summed E-state index contributed by atoms with van der Waals surface area (Å²) >= 11 is 0. The Morgan fingerprint density at radius 1 is 1.58 bits per heavy atom. The fourth-order valence-corrected chi connectivity index (χ4v) is 2.46. The van der Waals surface area contributed by atoms with Crippen molar-refractivity contribution >= 4 is 11.8 Å². The Labute approximate surface area is 111 Å². The minimum atomic E-state index is -0.835. The Balaban J connectivity index is 1.97. The van der Waals surface area contributed by atoms with E-state index in [2.05, 4.69) is 10.2 Å². The number of aromatic amines is 1. The first kappa shape index (κ1) is 13.5. The molecule has 5 N–H and O–H groups in total. The molecule has 1 aliphatic rings. The van der Waals surface area contributed by atoms with E-state index in [1.54, 1.807) is 11.1 Å². The molecule has 2 unspecified atom stereocenters. The summed E-state index contributed by atoms with van der Waals surface area (Å²) in [4.78, 5) is 24.6. The number of aromatic nitrogens is 2. The lowest BCUT2D eigenvalue weighted by Gasteiger charge is -2.33. The van der Waals surface area contributed by atoms with Gasteiger partial charge < -0.3 is 16.4 Å². The maximum absolute atomic E-state index is 12.1. The molecule has 1 aromatic heterocycles. The molecule has 2 rings (SSSR count). The van der Waals surface area contributed by atoms with Gasteiger partial charge in [-0.3, -0.25) is 14.7 Å². The summed E-state index contributed by atoms with van der Waals surface area (Å²) in [6.07, 6.45) is 3.52. The summed E-state index contributed by atoms with van der Waals surface area (Å²) in [5, 5.41) is 6.86. The van der Waals surface area contributed by atoms with Crippen LogP contribution in [0.3, 0.4) is 0 Å². The van der Waals surface area contributed by atoms with Gasteiger partial charge in [-0.05, 0) is 18.9 Å². The molecule has 2 amide bonds. The second kappa shape index (κ2) is 5.83. The van der Waals surface area contributed by atoms with E-state index in [9.17, 15) is 9.59 Å². The standard InChI is InChI=1S/C12H19N5O2/c13-9(6-11(14)18)12(19)17-5-1-2-8(7-17)10-3-4-15-16-10/h3-4,8-9H,1-2,5-7,13H2,(H2,14,18)(H,15,16). The van der Waals surface area contributed by atoms with E-state index in [4.69, 9.17) is 11.5 Å². The Morgan fingerprint density at radius 3 is 3.00 bits per heavy atom. The number of likely N-dealkylation sites (tertiary alicyclic amines) is 1. The van der Waals surface area contributed by atoms with Crippen molar-refractivity contribution in [2.24, 2.45) is 11.5 Å². The molecule has 1 saturated heterocycles. The van der Waals surface area contributed by atoms with Crippen LogP contribution in [-0.4, -0.2) is 46.0 Å². The molecule has 2 atom stereocenters. The number of nitrogens with zero attached hydrogens (tertiary/aromatic N) is 2. The van der Waals surface area contributed by atoms with Gasteiger partial charge in [0.15, 0.2) is 0 Å². The number of H-pyrrole nitrogens is 1. The summed E-state index contributed by atoms with van der Waals surface area (Å²) in [5.74, 6) is -0.507. The van der Waals surface area contributed by atoms with Gasteiger partial charge in [-0.25, -0.2) is 0 Å². The summed E-state index contributed by atoms with van der Waals surface area (Å²) in [7, 11) is 0. The lowest BCUT2D eigenvalue weighted by molar-refractivity contribution is -0.135. The Kier molecular flexibility index (Phi) is 4.16. The molecule has 0 bridgehead atoms. The van der Waals surface area contributed by atoms with E-state index in [1.807, 2.05) is 6.07 Å². The predicted molar refractivity (Wildman–Crippen MR) is 68.9 cm³/mol. The first-order valence-corrected chi connectivity index (χ1v) is 6.40. The maximum Gasteiger partial charge on any atom is 0.240 e. The monoisotopic (exact) mass is 265 g/mol. The molecule has 19 heavy (non-hydrogen) atoms. The zero-order valence-electron chi connectivity index (χ0n) is 10.7. The molecule has 0 spiro atoms. The number of carbonyl (C=O) groups excluding carboxylic acids is 2. The number of hydrogen-bond donors (Lipinski definition) is 3. The number of rotatable bonds is 4. The average molecular weight is 265 g/mol. The van der Waals surface area contributed by atoms with Crippen LogP contribution in [0.15, 0.2) is 12.3 Å². The largest absolute Gasteiger partial charge is 0.370 e. The number of hydrogen-bond acceptors (Lipinski definition) is 4. The number of primary amides is 1. The smallest absolute Gasteiger partial charge is 0.240 e. The summed E-state index contributed by atoms with van der Waals surface area (Å²) in [5.41, 5.74) is 11.8. The molecule has 0 radical (unpaired) electrons. The van der Waals surface area contributed by atoms with Crippen LogP contribution in [0.25, 0.3) is 0 Å². The molecule has 0 aliphatic carbocycles. The van der Waals surface area contributed by atoms with Crippen molar-refractivity contribution < 1.29 is 9.59 Å². The lowest BCUT2D eigenvalue weighted by Crippen LogP contribution is -2.48. The topological polar surface area (TPSA) is 118 Å². The van der Waals surface area contributed by atoms with Crippen LogP contribution >= 0.6 is 0 Å². The molecule has 104 valence electrons. The second-order valence-corrected chi connectivity index (χ2v) is 4.91. The first-order chi connectivity index (χ1) is 9.08. The van der Waals surface area contributed by atoms with Gasteiger partial charge in [0.05, 0.1) is 12.5 Å². The van der Waals surface area contributed by atoms with Crippen molar-refractivity contribution in [2.75, 3.05) is 13.1 Å². The minimum Gasteiger partial charge on any atom is -0.370 e. The number of nitrogens with one attached hydrogen (secondary N) is 1. The molecular weight excluding hydrogens is 246 g/mol. The zero-order valence-corrected chi connectivity index (χ0v) is 10.7. The van der Waals surface area contributed by atoms with E-state index >= 15 is 0 Å². The van der Waals surface area contributed by atoms with Gasteiger partial charge in [0, 0.05) is 30.9 Å². The van der Waals surface area contributed by atoms with Gasteiger partial charge >= 0.3 is 0 Å². The van der Waals surface area contributed by atoms with Crippen LogP contribution in [0.4, 0.5) is 0 Å². The zero-order chi connectivity index (χ0) is 13.8. The molecule has 2 heterocycles. The average Bonchev–Trinajstić information content (AvgIpc) is 2.91. The highest BCUT2D eigenvalue weighted by molar-refractivity contribution is 5.87. The fraction of sp³-hybridized carbons (Fsp3) is 0.583.